The van der Waals surface area contributed by atoms with Crippen molar-refractivity contribution in [2.75, 3.05) is 26.3 Å². The van der Waals surface area contributed by atoms with Crippen molar-refractivity contribution in [3.8, 4) is 46.3 Å². The van der Waals surface area contributed by atoms with Crippen molar-refractivity contribution >= 4 is 24.1 Å². The van der Waals surface area contributed by atoms with Crippen molar-refractivity contribution in [2.45, 2.75) is 79.4 Å². The van der Waals surface area contributed by atoms with Gasteiger partial charge in [0.15, 0.2) is 22.8 Å². The summed E-state index contributed by atoms with van der Waals surface area (Å²) >= 11 is 0. The van der Waals surface area contributed by atoms with Gasteiger partial charge in [0, 0.05) is 25.9 Å². The second-order valence-corrected chi connectivity index (χ2v) is 13.9. The number of esters is 2. The standard InChI is InChI=1S/C37H43N7O12/c1-9-49-32(45)26-24(14-16-38-34(47)55-36(3,4)5)53-30(43-26)22-18-51-28(41-22)20-12-11-13-21(40-20)29-42-23(19-52-29)31-44-27(33(46)50-10-2)25(54-31)15-17-39-35(48)56-37(6,7)8/h11-13,18-19H,9-10,14-17H2,1-8H3,(H,38,47)(H,39,48). The Morgan fingerprint density at radius 2 is 1.00 bits per heavy atom. The summed E-state index contributed by atoms with van der Waals surface area (Å²) in [6, 6.07) is 4.98. The summed E-state index contributed by atoms with van der Waals surface area (Å²) < 4.78 is 44.0. The maximum absolute atomic E-state index is 12.7. The molecule has 0 aliphatic rings. The lowest BCUT2D eigenvalue weighted by Gasteiger charge is -2.19. The van der Waals surface area contributed by atoms with Gasteiger partial charge in [-0.3, -0.25) is 0 Å². The highest BCUT2D eigenvalue weighted by atomic mass is 16.6. The van der Waals surface area contributed by atoms with Gasteiger partial charge in [-0.1, -0.05) is 6.07 Å². The van der Waals surface area contributed by atoms with Crippen LogP contribution in [-0.4, -0.2) is 86.6 Å². The van der Waals surface area contributed by atoms with Crippen LogP contribution in [0.2, 0.25) is 0 Å². The van der Waals surface area contributed by atoms with Gasteiger partial charge in [0.1, 0.15) is 46.6 Å². The molecule has 0 aliphatic carbocycles. The maximum atomic E-state index is 12.7. The van der Waals surface area contributed by atoms with Gasteiger partial charge >= 0.3 is 24.1 Å². The molecule has 0 unspecified atom stereocenters. The summed E-state index contributed by atoms with van der Waals surface area (Å²) in [5.41, 5.74) is -0.562. The number of pyridine rings is 1. The fraction of sp³-hybridized carbons (Fsp3) is 0.432. The minimum atomic E-state index is -0.702. The summed E-state index contributed by atoms with van der Waals surface area (Å²) in [5.74, 6) is -0.914. The summed E-state index contributed by atoms with van der Waals surface area (Å²) in [6.07, 6.45) is 1.56. The lowest BCUT2D eigenvalue weighted by molar-refractivity contribution is 0.0504. The van der Waals surface area contributed by atoms with Crippen LogP contribution in [0.4, 0.5) is 9.59 Å². The molecule has 5 aromatic rings. The smallest absolute Gasteiger partial charge is 0.407 e. The van der Waals surface area contributed by atoms with Crippen molar-refractivity contribution in [1.29, 1.82) is 0 Å². The summed E-state index contributed by atoms with van der Waals surface area (Å²) in [6.45, 7) is 14.2. The Balaban J connectivity index is 1.32. The van der Waals surface area contributed by atoms with Crippen molar-refractivity contribution in [1.82, 2.24) is 35.6 Å². The van der Waals surface area contributed by atoms with Crippen LogP contribution < -0.4 is 10.6 Å². The van der Waals surface area contributed by atoms with E-state index in [-0.39, 0.29) is 97.0 Å². The fourth-order valence-corrected chi connectivity index (χ4v) is 4.82. The highest BCUT2D eigenvalue weighted by Crippen LogP contribution is 2.29. The Bertz CT molecular complexity index is 2020. The van der Waals surface area contributed by atoms with Crippen LogP contribution in [0.3, 0.4) is 0 Å². The third kappa shape index (κ3) is 10.8. The fourth-order valence-electron chi connectivity index (χ4n) is 4.82. The summed E-state index contributed by atoms with van der Waals surface area (Å²) in [7, 11) is 0. The van der Waals surface area contributed by atoms with Crippen LogP contribution in [0.1, 0.15) is 87.9 Å². The molecule has 0 bridgehead atoms. The molecular weight excluding hydrogens is 734 g/mol. The second kappa shape index (κ2) is 17.3. The zero-order chi connectivity index (χ0) is 40.6. The zero-order valence-corrected chi connectivity index (χ0v) is 32.3. The topological polar surface area (TPSA) is 246 Å². The molecule has 5 heterocycles. The monoisotopic (exact) mass is 777 g/mol. The normalized spacial score (nSPS) is 11.6. The molecule has 0 aromatic carbocycles. The molecule has 19 nitrogen and oxygen atoms in total. The molecule has 0 fully saturated rings. The van der Waals surface area contributed by atoms with Gasteiger partial charge in [-0.25, -0.2) is 44.1 Å². The molecule has 0 spiro atoms. The molecule has 0 saturated carbocycles. The predicted octanol–water partition coefficient (Wildman–Crippen LogP) is 6.19. The SMILES string of the molecule is CCOC(=O)c1nc(-c2coc(-c3cccc(-c4nc(-c5nc(C(=O)OCC)c(CCNC(=O)OC(C)(C)C)o5)co4)n3)n2)oc1CCNC(=O)OC(C)(C)C. The Kier molecular flexibility index (Phi) is 12.6. The number of nitrogens with zero attached hydrogens (tertiary/aromatic N) is 5. The number of oxazole rings is 4. The molecule has 298 valence electrons. The highest BCUT2D eigenvalue weighted by molar-refractivity contribution is 5.89. The predicted molar refractivity (Wildman–Crippen MR) is 194 cm³/mol. The van der Waals surface area contributed by atoms with Crippen molar-refractivity contribution in [3.05, 3.63) is 53.6 Å². The number of amides is 2. The molecule has 19 heteroatoms. The van der Waals surface area contributed by atoms with Gasteiger partial charge in [-0.2, -0.15) is 0 Å². The Morgan fingerprint density at radius 3 is 1.38 bits per heavy atom. The van der Waals surface area contributed by atoms with E-state index in [1.165, 1.54) is 12.5 Å². The first-order valence-corrected chi connectivity index (χ1v) is 17.7. The van der Waals surface area contributed by atoms with E-state index in [4.69, 9.17) is 36.6 Å². The average molecular weight is 778 g/mol. The van der Waals surface area contributed by atoms with E-state index in [1.807, 2.05) is 0 Å². The van der Waals surface area contributed by atoms with Gasteiger partial charge in [0.25, 0.3) is 0 Å². The van der Waals surface area contributed by atoms with Gasteiger partial charge in [-0.15, -0.1) is 0 Å². The van der Waals surface area contributed by atoms with E-state index < -0.39 is 35.3 Å². The number of hydrogen-bond acceptors (Lipinski definition) is 17. The lowest BCUT2D eigenvalue weighted by Crippen LogP contribution is -2.33. The Morgan fingerprint density at radius 1 is 0.589 bits per heavy atom. The van der Waals surface area contributed by atoms with E-state index in [0.29, 0.717) is 11.4 Å². The molecule has 56 heavy (non-hydrogen) atoms. The first kappa shape index (κ1) is 40.7. The lowest BCUT2D eigenvalue weighted by atomic mass is 10.2. The molecule has 2 N–H and O–H groups in total. The van der Waals surface area contributed by atoms with Crippen molar-refractivity contribution < 1.29 is 55.8 Å². The number of alkyl carbamates (subject to hydrolysis) is 2. The van der Waals surface area contributed by atoms with E-state index >= 15 is 0 Å². The van der Waals surface area contributed by atoms with E-state index in [9.17, 15) is 19.2 Å². The molecule has 5 aromatic heterocycles. The molecular formula is C37H43N7O12. The van der Waals surface area contributed by atoms with E-state index in [1.54, 1.807) is 73.6 Å². The molecule has 0 aliphatic heterocycles. The maximum Gasteiger partial charge on any atom is 0.407 e. The number of carbonyl (C=O) groups excluding carboxylic acids is 4. The largest absolute Gasteiger partial charge is 0.461 e. The number of aromatic nitrogens is 5. The quantitative estimate of drug-likeness (QED) is 0.0942. The van der Waals surface area contributed by atoms with Crippen LogP contribution in [0.5, 0.6) is 0 Å². The molecule has 0 atom stereocenters. The summed E-state index contributed by atoms with van der Waals surface area (Å²) in [4.78, 5) is 71.7. The van der Waals surface area contributed by atoms with Gasteiger partial charge in [-0.05, 0) is 67.5 Å². The minimum Gasteiger partial charge on any atom is -0.461 e. The molecule has 0 saturated heterocycles. The van der Waals surface area contributed by atoms with Crippen LogP contribution in [0.15, 0.2) is 48.4 Å². The number of hydrogen-bond donors (Lipinski definition) is 2. The minimum absolute atomic E-state index is 0.0167. The number of rotatable bonds is 14. The van der Waals surface area contributed by atoms with Gasteiger partial charge < -0.3 is 47.2 Å². The first-order chi connectivity index (χ1) is 26.5. The number of nitrogens with one attached hydrogen (secondary N) is 2. The van der Waals surface area contributed by atoms with Crippen LogP contribution in [-0.2, 0) is 31.8 Å². The molecule has 0 radical (unpaired) electrons. The Labute approximate surface area is 320 Å². The van der Waals surface area contributed by atoms with Gasteiger partial charge in [0.05, 0.1) is 13.2 Å². The third-order valence-corrected chi connectivity index (χ3v) is 7.01. The van der Waals surface area contributed by atoms with E-state index in [2.05, 4.69) is 35.6 Å². The van der Waals surface area contributed by atoms with Crippen molar-refractivity contribution in [2.24, 2.45) is 0 Å². The molecule has 5 rings (SSSR count). The van der Waals surface area contributed by atoms with E-state index in [0.717, 1.165) is 0 Å². The van der Waals surface area contributed by atoms with Crippen LogP contribution in [0.25, 0.3) is 46.3 Å². The highest BCUT2D eigenvalue weighted by Gasteiger charge is 2.27. The number of ether oxygens (including phenoxy) is 4. The van der Waals surface area contributed by atoms with Crippen LogP contribution >= 0.6 is 0 Å². The second-order valence-electron chi connectivity index (χ2n) is 13.9. The van der Waals surface area contributed by atoms with Crippen molar-refractivity contribution in [3.63, 3.8) is 0 Å². The molecule has 2 amide bonds. The van der Waals surface area contributed by atoms with Crippen LogP contribution in [0, 0.1) is 0 Å². The Hall–Kier alpha value is -6.53. The van der Waals surface area contributed by atoms with Gasteiger partial charge in [0.2, 0.25) is 23.6 Å². The first-order valence-electron chi connectivity index (χ1n) is 17.7. The third-order valence-electron chi connectivity index (χ3n) is 7.01. The zero-order valence-electron chi connectivity index (χ0n) is 32.3. The average Bonchev–Trinajstić information content (AvgIpc) is 3.93. The summed E-state index contributed by atoms with van der Waals surface area (Å²) in [5, 5.41) is 5.24. The number of carbonyl (C=O) groups is 4.